The van der Waals surface area contributed by atoms with Gasteiger partial charge in [0.15, 0.2) is 0 Å². The molecule has 0 saturated heterocycles. The number of hydrogen-bond donors (Lipinski definition) is 2. The SMILES string of the molecule is Cc1cc(C)cc(-n2nc(CC(=O)O)c(O)cc2=O)c1. The molecule has 2 aromatic rings. The van der Waals surface area contributed by atoms with Gasteiger partial charge in [0, 0.05) is 6.07 Å². The first-order chi connectivity index (χ1) is 9.36. The molecule has 0 saturated carbocycles. The molecular weight excluding hydrogens is 260 g/mol. The van der Waals surface area contributed by atoms with Crippen molar-refractivity contribution >= 4 is 5.97 Å². The lowest BCUT2D eigenvalue weighted by molar-refractivity contribution is -0.136. The van der Waals surface area contributed by atoms with Gasteiger partial charge in [-0.3, -0.25) is 9.59 Å². The van der Waals surface area contributed by atoms with E-state index in [0.29, 0.717) is 5.69 Å². The second-order valence-electron chi connectivity index (χ2n) is 4.64. The standard InChI is InChI=1S/C14H14N2O4/c1-8-3-9(2)5-10(4-8)16-13(18)7-12(17)11(15-16)6-14(19)20/h3-5,7,17H,6H2,1-2H3,(H,19,20). The maximum absolute atomic E-state index is 11.9. The van der Waals surface area contributed by atoms with E-state index < -0.39 is 23.7 Å². The molecule has 0 spiro atoms. The number of aromatic nitrogens is 2. The number of rotatable bonds is 3. The van der Waals surface area contributed by atoms with Gasteiger partial charge in [-0.15, -0.1) is 0 Å². The van der Waals surface area contributed by atoms with Crippen LogP contribution in [0.15, 0.2) is 29.1 Å². The molecule has 1 heterocycles. The summed E-state index contributed by atoms with van der Waals surface area (Å²) in [5, 5.41) is 22.3. The number of aliphatic carboxylic acids is 1. The van der Waals surface area contributed by atoms with Crippen molar-refractivity contribution in [2.24, 2.45) is 0 Å². The zero-order chi connectivity index (χ0) is 14.9. The van der Waals surface area contributed by atoms with Crippen molar-refractivity contribution in [3.05, 3.63) is 51.4 Å². The molecule has 0 aliphatic carbocycles. The summed E-state index contributed by atoms with van der Waals surface area (Å²) in [7, 11) is 0. The normalized spacial score (nSPS) is 10.5. The summed E-state index contributed by atoms with van der Waals surface area (Å²) >= 11 is 0. The summed E-state index contributed by atoms with van der Waals surface area (Å²) in [6.45, 7) is 3.78. The third kappa shape index (κ3) is 2.85. The van der Waals surface area contributed by atoms with E-state index >= 15 is 0 Å². The van der Waals surface area contributed by atoms with Crippen LogP contribution in [0.25, 0.3) is 5.69 Å². The lowest BCUT2D eigenvalue weighted by Crippen LogP contribution is -2.22. The first kappa shape index (κ1) is 13.8. The molecule has 2 N–H and O–H groups in total. The maximum Gasteiger partial charge on any atom is 0.309 e. The van der Waals surface area contributed by atoms with Crippen LogP contribution < -0.4 is 5.56 Å². The lowest BCUT2D eigenvalue weighted by Gasteiger charge is -2.09. The molecule has 0 unspecified atom stereocenters. The Morgan fingerprint density at radius 3 is 2.35 bits per heavy atom. The first-order valence-corrected chi connectivity index (χ1v) is 5.99. The van der Waals surface area contributed by atoms with E-state index in [1.165, 1.54) is 0 Å². The summed E-state index contributed by atoms with van der Waals surface area (Å²) in [5.41, 5.74) is 1.90. The van der Waals surface area contributed by atoms with Gasteiger partial charge in [0.2, 0.25) is 0 Å². The molecule has 0 aliphatic heterocycles. The van der Waals surface area contributed by atoms with Crippen LogP contribution in [0.1, 0.15) is 16.8 Å². The Balaban J connectivity index is 2.61. The predicted octanol–water partition coefficient (Wildman–Crippen LogP) is 1.18. The molecular formula is C14H14N2O4. The molecule has 0 aliphatic rings. The fourth-order valence-electron chi connectivity index (χ4n) is 2.01. The second kappa shape index (κ2) is 5.16. The third-order valence-electron chi connectivity index (χ3n) is 2.76. The number of aryl methyl sites for hydroxylation is 2. The van der Waals surface area contributed by atoms with Gasteiger partial charge in [-0.2, -0.15) is 9.78 Å². The highest BCUT2D eigenvalue weighted by atomic mass is 16.4. The summed E-state index contributed by atoms with van der Waals surface area (Å²) in [6.07, 6.45) is -0.448. The summed E-state index contributed by atoms with van der Waals surface area (Å²) in [4.78, 5) is 22.6. The predicted molar refractivity (Wildman–Crippen MR) is 72.3 cm³/mol. The number of aromatic hydroxyl groups is 1. The number of nitrogens with zero attached hydrogens (tertiary/aromatic N) is 2. The quantitative estimate of drug-likeness (QED) is 0.876. The first-order valence-electron chi connectivity index (χ1n) is 5.99. The minimum absolute atomic E-state index is 0.0451. The van der Waals surface area contributed by atoms with Crippen molar-refractivity contribution in [3.63, 3.8) is 0 Å². The van der Waals surface area contributed by atoms with Crippen LogP contribution in [0.5, 0.6) is 5.75 Å². The van der Waals surface area contributed by atoms with Crippen LogP contribution in [0.3, 0.4) is 0 Å². The van der Waals surface area contributed by atoms with Gasteiger partial charge in [-0.25, -0.2) is 0 Å². The fraction of sp³-hybridized carbons (Fsp3) is 0.214. The largest absolute Gasteiger partial charge is 0.506 e. The molecule has 0 bridgehead atoms. The van der Waals surface area contributed by atoms with E-state index in [9.17, 15) is 14.7 Å². The summed E-state index contributed by atoms with van der Waals surface area (Å²) in [6, 6.07) is 6.46. The number of hydrogen-bond acceptors (Lipinski definition) is 4. The van der Waals surface area contributed by atoms with E-state index in [0.717, 1.165) is 21.9 Å². The minimum atomic E-state index is -1.13. The highest BCUT2D eigenvalue weighted by molar-refractivity contribution is 5.70. The van der Waals surface area contributed by atoms with E-state index in [4.69, 9.17) is 5.11 Å². The zero-order valence-electron chi connectivity index (χ0n) is 11.1. The van der Waals surface area contributed by atoms with E-state index in [2.05, 4.69) is 5.10 Å². The number of carboxylic acids is 1. The Labute approximate surface area is 114 Å². The molecule has 6 heteroatoms. The van der Waals surface area contributed by atoms with Crippen LogP contribution >= 0.6 is 0 Å². The molecule has 1 aromatic carbocycles. The Morgan fingerprint density at radius 1 is 1.20 bits per heavy atom. The van der Waals surface area contributed by atoms with E-state index in [1.807, 2.05) is 19.9 Å². The van der Waals surface area contributed by atoms with E-state index in [1.54, 1.807) is 12.1 Å². The topological polar surface area (TPSA) is 92.4 Å². The summed E-state index contributed by atoms with van der Waals surface area (Å²) in [5.74, 6) is -1.53. The third-order valence-corrected chi connectivity index (χ3v) is 2.76. The van der Waals surface area contributed by atoms with Crippen LogP contribution in [0.2, 0.25) is 0 Å². The van der Waals surface area contributed by atoms with Crippen LogP contribution in [0.4, 0.5) is 0 Å². The average Bonchev–Trinajstić information content (AvgIpc) is 2.30. The molecule has 1 aromatic heterocycles. The zero-order valence-corrected chi connectivity index (χ0v) is 11.1. The molecule has 20 heavy (non-hydrogen) atoms. The Hall–Kier alpha value is -2.63. The van der Waals surface area contributed by atoms with Crippen molar-refractivity contribution < 1.29 is 15.0 Å². The molecule has 0 radical (unpaired) electrons. The fourth-order valence-corrected chi connectivity index (χ4v) is 2.01. The number of carbonyl (C=O) groups is 1. The Kier molecular flexibility index (Phi) is 3.56. The molecule has 0 amide bonds. The van der Waals surface area contributed by atoms with Crippen molar-refractivity contribution in [2.75, 3.05) is 0 Å². The molecule has 104 valence electrons. The molecule has 2 rings (SSSR count). The lowest BCUT2D eigenvalue weighted by atomic mass is 10.1. The van der Waals surface area contributed by atoms with Gasteiger partial charge in [0.05, 0.1) is 12.1 Å². The Morgan fingerprint density at radius 2 is 1.80 bits per heavy atom. The molecule has 0 fully saturated rings. The van der Waals surface area contributed by atoms with Crippen molar-refractivity contribution in [1.29, 1.82) is 0 Å². The van der Waals surface area contributed by atoms with Gasteiger partial charge in [0.25, 0.3) is 5.56 Å². The van der Waals surface area contributed by atoms with Crippen molar-refractivity contribution in [2.45, 2.75) is 20.3 Å². The maximum atomic E-state index is 11.9. The van der Waals surface area contributed by atoms with E-state index in [-0.39, 0.29) is 5.69 Å². The smallest absolute Gasteiger partial charge is 0.309 e. The van der Waals surface area contributed by atoms with Crippen LogP contribution in [-0.2, 0) is 11.2 Å². The van der Waals surface area contributed by atoms with Gasteiger partial charge < -0.3 is 10.2 Å². The van der Waals surface area contributed by atoms with Crippen molar-refractivity contribution in [3.8, 4) is 11.4 Å². The van der Waals surface area contributed by atoms with Gasteiger partial charge >= 0.3 is 5.97 Å². The number of carboxylic acid groups (broad SMARTS) is 1. The Bertz CT molecular complexity index is 714. The summed E-state index contributed by atoms with van der Waals surface area (Å²) < 4.78 is 1.10. The van der Waals surface area contributed by atoms with Gasteiger partial charge in [-0.1, -0.05) is 6.07 Å². The highest BCUT2D eigenvalue weighted by Crippen LogP contribution is 2.15. The highest BCUT2D eigenvalue weighted by Gasteiger charge is 2.12. The van der Waals surface area contributed by atoms with Gasteiger partial charge in [-0.05, 0) is 37.1 Å². The minimum Gasteiger partial charge on any atom is -0.506 e. The average molecular weight is 274 g/mol. The number of benzene rings is 1. The van der Waals surface area contributed by atoms with Gasteiger partial charge in [0.1, 0.15) is 11.4 Å². The van der Waals surface area contributed by atoms with Crippen LogP contribution in [0, 0.1) is 13.8 Å². The van der Waals surface area contributed by atoms with Crippen LogP contribution in [-0.4, -0.2) is 26.0 Å². The second-order valence-corrected chi connectivity index (χ2v) is 4.64. The van der Waals surface area contributed by atoms with Crippen molar-refractivity contribution in [1.82, 2.24) is 9.78 Å². The monoisotopic (exact) mass is 274 g/mol. The molecule has 0 atom stereocenters. The molecule has 6 nitrogen and oxygen atoms in total.